The van der Waals surface area contributed by atoms with E-state index in [1.807, 2.05) is 24.3 Å². The Kier molecular flexibility index (Phi) is 5.20. The predicted octanol–water partition coefficient (Wildman–Crippen LogP) is 3.19. The van der Waals surface area contributed by atoms with Gasteiger partial charge in [-0.2, -0.15) is 5.10 Å². The molecule has 0 bridgehead atoms. The van der Waals surface area contributed by atoms with Crippen molar-refractivity contribution in [2.75, 3.05) is 27.4 Å². The van der Waals surface area contributed by atoms with Crippen LogP contribution in [0.25, 0.3) is 11.3 Å². The highest BCUT2D eigenvalue weighted by Gasteiger charge is 2.42. The van der Waals surface area contributed by atoms with Crippen LogP contribution in [-0.4, -0.2) is 53.3 Å². The van der Waals surface area contributed by atoms with Crippen LogP contribution in [0.4, 0.5) is 5.69 Å². The number of benzene rings is 2. The zero-order valence-electron chi connectivity index (χ0n) is 16.5. The zero-order valence-corrected chi connectivity index (χ0v) is 16.5. The Hall–Kier alpha value is -3.72. The van der Waals surface area contributed by atoms with Crippen LogP contribution in [0.15, 0.2) is 48.5 Å². The summed E-state index contributed by atoms with van der Waals surface area (Å²) in [5.74, 6) is 0.535. The average Bonchev–Trinajstić information content (AvgIpc) is 3.31. The van der Waals surface area contributed by atoms with Gasteiger partial charge >= 0.3 is 0 Å². The minimum atomic E-state index is -0.446. The molecule has 3 aromatic rings. The van der Waals surface area contributed by atoms with Crippen molar-refractivity contribution < 1.29 is 19.2 Å². The molecule has 30 heavy (non-hydrogen) atoms. The molecule has 0 fully saturated rings. The van der Waals surface area contributed by atoms with Gasteiger partial charge in [-0.1, -0.05) is 0 Å². The summed E-state index contributed by atoms with van der Waals surface area (Å²) in [4.78, 5) is 25.4. The lowest BCUT2D eigenvalue weighted by Crippen LogP contribution is -2.32. The lowest BCUT2D eigenvalue weighted by Gasteiger charge is -2.26. The molecule has 154 valence electrons. The first kappa shape index (κ1) is 19.6. The highest BCUT2D eigenvalue weighted by atomic mass is 16.6. The average molecular weight is 408 g/mol. The molecule has 4 rings (SSSR count). The summed E-state index contributed by atoms with van der Waals surface area (Å²) in [5, 5.41) is 18.3. The Labute approximate surface area is 172 Å². The molecular formula is C21H20N4O5. The van der Waals surface area contributed by atoms with Gasteiger partial charge in [0.15, 0.2) is 0 Å². The molecule has 0 saturated heterocycles. The summed E-state index contributed by atoms with van der Waals surface area (Å²) in [6.07, 6.45) is 0. The van der Waals surface area contributed by atoms with E-state index in [1.165, 1.54) is 12.1 Å². The number of non-ortho nitro benzene ring substituents is 1. The second-order valence-corrected chi connectivity index (χ2v) is 6.83. The molecule has 0 spiro atoms. The Morgan fingerprint density at radius 3 is 2.43 bits per heavy atom. The van der Waals surface area contributed by atoms with Crippen molar-refractivity contribution in [2.24, 2.45) is 0 Å². The highest BCUT2D eigenvalue weighted by Crippen LogP contribution is 2.43. The van der Waals surface area contributed by atoms with Crippen molar-refractivity contribution in [1.82, 2.24) is 15.1 Å². The number of nitro benzene ring substituents is 1. The van der Waals surface area contributed by atoms with Crippen molar-refractivity contribution in [3.8, 4) is 17.0 Å². The van der Waals surface area contributed by atoms with Gasteiger partial charge < -0.3 is 14.4 Å². The maximum absolute atomic E-state index is 13.1. The number of rotatable bonds is 7. The fourth-order valence-corrected chi connectivity index (χ4v) is 3.71. The molecule has 1 atom stereocenters. The van der Waals surface area contributed by atoms with E-state index in [2.05, 4.69) is 10.2 Å². The van der Waals surface area contributed by atoms with Gasteiger partial charge in [0.05, 0.1) is 30.4 Å². The highest BCUT2D eigenvalue weighted by molar-refractivity contribution is 6.00. The standard InChI is InChI=1S/C21H20N4O5/c1-29-12-11-24-20(14-3-7-15(8-4-14)25(27)28)17-18(22-23-19(17)21(24)26)13-5-9-16(30-2)10-6-13/h3-10,20H,11-12H2,1-2H3,(H,22,23). The Morgan fingerprint density at radius 2 is 1.83 bits per heavy atom. The molecule has 1 amide bonds. The van der Waals surface area contributed by atoms with Crippen LogP contribution in [0, 0.1) is 10.1 Å². The fourth-order valence-electron chi connectivity index (χ4n) is 3.71. The zero-order chi connectivity index (χ0) is 21.3. The number of hydrogen-bond donors (Lipinski definition) is 1. The van der Waals surface area contributed by atoms with E-state index in [4.69, 9.17) is 9.47 Å². The largest absolute Gasteiger partial charge is 0.497 e. The van der Waals surface area contributed by atoms with Crippen molar-refractivity contribution in [3.05, 3.63) is 75.5 Å². The number of nitro groups is 1. The number of hydrogen-bond acceptors (Lipinski definition) is 6. The third-order valence-electron chi connectivity index (χ3n) is 5.18. The summed E-state index contributed by atoms with van der Waals surface area (Å²) < 4.78 is 10.4. The molecule has 9 nitrogen and oxygen atoms in total. The number of carbonyl (C=O) groups is 1. The Morgan fingerprint density at radius 1 is 1.13 bits per heavy atom. The molecule has 2 heterocycles. The third kappa shape index (κ3) is 3.29. The van der Waals surface area contributed by atoms with E-state index in [1.54, 1.807) is 31.3 Å². The van der Waals surface area contributed by atoms with Crippen LogP contribution >= 0.6 is 0 Å². The number of methoxy groups -OCH3 is 2. The van der Waals surface area contributed by atoms with Gasteiger partial charge in [0.25, 0.3) is 11.6 Å². The molecule has 0 radical (unpaired) electrons. The van der Waals surface area contributed by atoms with E-state index < -0.39 is 11.0 Å². The fraction of sp³-hybridized carbons (Fsp3) is 0.238. The van der Waals surface area contributed by atoms with E-state index in [9.17, 15) is 14.9 Å². The van der Waals surface area contributed by atoms with E-state index in [0.717, 1.165) is 22.4 Å². The second-order valence-electron chi connectivity index (χ2n) is 6.83. The number of H-pyrrole nitrogens is 1. The summed E-state index contributed by atoms with van der Waals surface area (Å²) in [6, 6.07) is 13.2. The number of carbonyl (C=O) groups excluding carboxylic acids is 1. The van der Waals surface area contributed by atoms with Gasteiger partial charge in [-0.15, -0.1) is 0 Å². The van der Waals surface area contributed by atoms with Crippen LogP contribution in [0.1, 0.15) is 27.7 Å². The third-order valence-corrected chi connectivity index (χ3v) is 5.18. The molecule has 1 aromatic heterocycles. The number of nitrogens with zero attached hydrogens (tertiary/aromatic N) is 3. The lowest BCUT2D eigenvalue weighted by molar-refractivity contribution is -0.384. The Bertz CT molecular complexity index is 1080. The van der Waals surface area contributed by atoms with Crippen LogP contribution in [0.5, 0.6) is 5.75 Å². The topological polar surface area (TPSA) is 111 Å². The SMILES string of the molecule is COCCN1C(=O)c2[nH]nc(-c3ccc(OC)cc3)c2C1c1ccc([N+](=O)[O-])cc1. The summed E-state index contributed by atoms with van der Waals surface area (Å²) in [7, 11) is 3.17. The van der Waals surface area contributed by atoms with Crippen LogP contribution in [-0.2, 0) is 4.74 Å². The first-order chi connectivity index (χ1) is 14.5. The minimum absolute atomic E-state index is 0.00527. The van der Waals surface area contributed by atoms with Crippen molar-refractivity contribution in [2.45, 2.75) is 6.04 Å². The van der Waals surface area contributed by atoms with Crippen LogP contribution in [0.3, 0.4) is 0 Å². The smallest absolute Gasteiger partial charge is 0.273 e. The first-order valence-electron chi connectivity index (χ1n) is 9.32. The molecule has 1 aliphatic heterocycles. The van der Waals surface area contributed by atoms with Gasteiger partial charge in [0.2, 0.25) is 0 Å². The van der Waals surface area contributed by atoms with Crippen molar-refractivity contribution in [3.63, 3.8) is 0 Å². The molecule has 2 aromatic carbocycles. The lowest BCUT2D eigenvalue weighted by atomic mass is 9.96. The van der Waals surface area contributed by atoms with Crippen molar-refractivity contribution >= 4 is 11.6 Å². The maximum Gasteiger partial charge on any atom is 0.273 e. The number of aromatic nitrogens is 2. The molecule has 1 aliphatic rings. The number of aromatic amines is 1. The molecular weight excluding hydrogens is 388 g/mol. The number of amides is 1. The summed E-state index contributed by atoms with van der Waals surface area (Å²) in [6.45, 7) is 0.742. The molecule has 1 unspecified atom stereocenters. The van der Waals surface area contributed by atoms with Gasteiger partial charge in [-0.25, -0.2) is 0 Å². The van der Waals surface area contributed by atoms with Gasteiger partial charge in [-0.05, 0) is 42.0 Å². The summed E-state index contributed by atoms with van der Waals surface area (Å²) in [5.41, 5.74) is 3.41. The molecule has 0 saturated carbocycles. The van der Waals surface area contributed by atoms with E-state index >= 15 is 0 Å². The molecule has 9 heteroatoms. The number of nitrogens with one attached hydrogen (secondary N) is 1. The normalized spacial score (nSPS) is 15.3. The molecule has 0 aliphatic carbocycles. The van der Waals surface area contributed by atoms with Gasteiger partial charge in [-0.3, -0.25) is 20.0 Å². The quantitative estimate of drug-likeness (QED) is 0.475. The monoisotopic (exact) mass is 408 g/mol. The number of fused-ring (bicyclic) bond motifs is 1. The van der Waals surface area contributed by atoms with Gasteiger partial charge in [0.1, 0.15) is 11.4 Å². The Balaban J connectivity index is 1.81. The van der Waals surface area contributed by atoms with E-state index in [-0.39, 0.29) is 11.6 Å². The number of ether oxygens (including phenoxy) is 2. The summed E-state index contributed by atoms with van der Waals surface area (Å²) >= 11 is 0. The van der Waals surface area contributed by atoms with E-state index in [0.29, 0.717) is 24.5 Å². The second kappa shape index (κ2) is 7.96. The molecule has 1 N–H and O–H groups in total. The first-order valence-corrected chi connectivity index (χ1v) is 9.32. The maximum atomic E-state index is 13.1. The van der Waals surface area contributed by atoms with Crippen molar-refractivity contribution in [1.29, 1.82) is 0 Å². The van der Waals surface area contributed by atoms with Crippen LogP contribution < -0.4 is 4.74 Å². The van der Waals surface area contributed by atoms with Crippen LogP contribution in [0.2, 0.25) is 0 Å². The van der Waals surface area contributed by atoms with Gasteiger partial charge in [0, 0.05) is 36.9 Å². The minimum Gasteiger partial charge on any atom is -0.497 e. The predicted molar refractivity (Wildman–Crippen MR) is 108 cm³/mol.